The lowest BCUT2D eigenvalue weighted by Crippen LogP contribution is -2.30. The number of Topliss-reactive ketones (excluding diaryl/α,β-unsaturated/α-hetero) is 1. The van der Waals surface area contributed by atoms with Crippen LogP contribution in [-0.2, 0) is 9.59 Å². The molecule has 168 valence electrons. The van der Waals surface area contributed by atoms with Gasteiger partial charge in [-0.2, -0.15) is 0 Å². The Labute approximate surface area is 201 Å². The highest BCUT2D eigenvalue weighted by Gasteiger charge is 2.47. The van der Waals surface area contributed by atoms with Crippen LogP contribution < -0.4 is 9.64 Å². The monoisotopic (exact) mass is 482 g/mol. The average molecular weight is 483 g/mol. The van der Waals surface area contributed by atoms with Crippen LogP contribution in [0.25, 0.3) is 5.76 Å². The molecule has 0 bridgehead atoms. The van der Waals surface area contributed by atoms with E-state index in [1.165, 1.54) is 4.90 Å². The summed E-state index contributed by atoms with van der Waals surface area (Å²) in [4.78, 5) is 32.0. The second-order valence-electron chi connectivity index (χ2n) is 7.46. The molecule has 1 unspecified atom stereocenters. The van der Waals surface area contributed by atoms with Crippen LogP contribution in [0.1, 0.15) is 29.7 Å². The summed E-state index contributed by atoms with van der Waals surface area (Å²) < 4.78 is 5.52. The minimum Gasteiger partial charge on any atom is -0.507 e. The van der Waals surface area contributed by atoms with E-state index in [0.717, 1.165) is 0 Å². The van der Waals surface area contributed by atoms with E-state index in [1.54, 1.807) is 67.8 Å². The Hall–Kier alpha value is -3.35. The quantitative estimate of drug-likeness (QED) is 0.285. The van der Waals surface area contributed by atoms with Gasteiger partial charge in [-0.1, -0.05) is 29.3 Å². The number of aliphatic hydroxyl groups excluding tert-OH is 1. The van der Waals surface area contributed by atoms with Gasteiger partial charge in [0.2, 0.25) is 0 Å². The third-order valence-corrected chi connectivity index (χ3v) is 5.91. The van der Waals surface area contributed by atoms with Gasteiger partial charge in [0.1, 0.15) is 11.5 Å². The number of aromatic nitrogens is 1. The van der Waals surface area contributed by atoms with Gasteiger partial charge < -0.3 is 9.84 Å². The zero-order valence-electron chi connectivity index (χ0n) is 17.9. The van der Waals surface area contributed by atoms with Gasteiger partial charge in [-0.15, -0.1) is 0 Å². The Balaban J connectivity index is 1.94. The maximum Gasteiger partial charge on any atom is 0.300 e. The van der Waals surface area contributed by atoms with E-state index in [4.69, 9.17) is 27.9 Å². The van der Waals surface area contributed by atoms with E-state index in [-0.39, 0.29) is 11.3 Å². The third-order valence-electron chi connectivity index (χ3n) is 5.37. The van der Waals surface area contributed by atoms with Gasteiger partial charge in [0.05, 0.1) is 23.2 Å². The number of carbonyl (C=O) groups excluding carboxylic acids is 2. The Morgan fingerprint density at radius 3 is 2.61 bits per heavy atom. The number of amides is 1. The van der Waals surface area contributed by atoms with Crippen LogP contribution in [0.4, 0.5) is 5.69 Å². The van der Waals surface area contributed by atoms with Gasteiger partial charge in [0, 0.05) is 28.7 Å². The first-order valence-electron chi connectivity index (χ1n) is 10.2. The number of carbonyl (C=O) groups is 2. The fourth-order valence-corrected chi connectivity index (χ4v) is 4.29. The molecule has 1 atom stereocenters. The summed E-state index contributed by atoms with van der Waals surface area (Å²) in [5.41, 5.74) is 2.06. The molecule has 1 aromatic heterocycles. The first-order chi connectivity index (χ1) is 15.8. The highest BCUT2D eigenvalue weighted by Crippen LogP contribution is 2.43. The lowest BCUT2D eigenvalue weighted by Gasteiger charge is -2.26. The first kappa shape index (κ1) is 22.8. The van der Waals surface area contributed by atoms with Crippen molar-refractivity contribution in [3.63, 3.8) is 0 Å². The average Bonchev–Trinajstić information content (AvgIpc) is 3.06. The minimum atomic E-state index is -0.884. The van der Waals surface area contributed by atoms with Crippen molar-refractivity contribution < 1.29 is 19.4 Å². The van der Waals surface area contributed by atoms with Gasteiger partial charge >= 0.3 is 0 Å². The molecule has 0 radical (unpaired) electrons. The summed E-state index contributed by atoms with van der Waals surface area (Å²) >= 11 is 12.3. The molecule has 33 heavy (non-hydrogen) atoms. The van der Waals surface area contributed by atoms with Crippen molar-refractivity contribution in [3.05, 3.63) is 93.2 Å². The van der Waals surface area contributed by atoms with Gasteiger partial charge in [-0.25, -0.2) is 0 Å². The molecule has 1 aliphatic rings. The molecule has 6 nitrogen and oxygen atoms in total. The number of hydrogen-bond donors (Lipinski definition) is 1. The largest absolute Gasteiger partial charge is 0.507 e. The van der Waals surface area contributed by atoms with Crippen LogP contribution in [0, 0.1) is 6.92 Å². The summed E-state index contributed by atoms with van der Waals surface area (Å²) in [6.45, 7) is 3.99. The van der Waals surface area contributed by atoms with Gasteiger partial charge in [-0.3, -0.25) is 19.5 Å². The normalized spacial score (nSPS) is 17.5. The fourth-order valence-electron chi connectivity index (χ4n) is 3.90. The van der Waals surface area contributed by atoms with Crippen molar-refractivity contribution in [2.75, 3.05) is 11.5 Å². The molecule has 0 aliphatic carbocycles. The van der Waals surface area contributed by atoms with E-state index in [0.29, 0.717) is 44.8 Å². The van der Waals surface area contributed by atoms with Gasteiger partial charge in [0.25, 0.3) is 11.7 Å². The zero-order chi connectivity index (χ0) is 23.7. The number of aryl methyl sites for hydroxylation is 1. The predicted octanol–water partition coefficient (Wildman–Crippen LogP) is 5.72. The molecule has 1 aliphatic heterocycles. The fraction of sp³-hybridized carbons (Fsp3) is 0.160. The summed E-state index contributed by atoms with van der Waals surface area (Å²) in [5.74, 6) is -1.52. The van der Waals surface area contributed by atoms with Crippen molar-refractivity contribution in [2.45, 2.75) is 19.9 Å². The number of hydrogen-bond acceptors (Lipinski definition) is 5. The molecule has 4 rings (SSSR count). The molecule has 2 aromatic carbocycles. The number of ether oxygens (including phenoxy) is 1. The number of nitrogens with zero attached hydrogens (tertiary/aromatic N) is 2. The highest BCUT2D eigenvalue weighted by atomic mass is 35.5. The molecular weight excluding hydrogens is 463 g/mol. The SMILES string of the molecule is CCOc1cc(/C(O)=C2\C(=O)C(=O)N(c3ccc(Cl)cc3C)C2c2cccnc2)ccc1Cl. The maximum atomic E-state index is 13.2. The highest BCUT2D eigenvalue weighted by molar-refractivity contribution is 6.52. The van der Waals surface area contributed by atoms with E-state index in [2.05, 4.69) is 4.98 Å². The smallest absolute Gasteiger partial charge is 0.300 e. The minimum absolute atomic E-state index is 0.0490. The molecule has 2 heterocycles. The van der Waals surface area contributed by atoms with E-state index in [1.807, 2.05) is 6.92 Å². The maximum absolute atomic E-state index is 13.2. The number of halogens is 2. The van der Waals surface area contributed by atoms with Crippen molar-refractivity contribution in [1.82, 2.24) is 4.98 Å². The number of benzene rings is 2. The number of pyridine rings is 1. The zero-order valence-corrected chi connectivity index (χ0v) is 19.4. The number of aliphatic hydroxyl groups is 1. The van der Waals surface area contributed by atoms with Crippen molar-refractivity contribution >= 4 is 46.3 Å². The summed E-state index contributed by atoms with van der Waals surface area (Å²) in [6.07, 6.45) is 3.16. The molecule has 3 aromatic rings. The first-order valence-corrected chi connectivity index (χ1v) is 11.0. The summed E-state index contributed by atoms with van der Waals surface area (Å²) in [7, 11) is 0. The van der Waals surface area contributed by atoms with Gasteiger partial charge in [-0.05, 0) is 67.4 Å². The van der Waals surface area contributed by atoms with Gasteiger partial charge in [0.15, 0.2) is 0 Å². The van der Waals surface area contributed by atoms with Crippen molar-refractivity contribution in [2.24, 2.45) is 0 Å². The Morgan fingerprint density at radius 1 is 1.15 bits per heavy atom. The lowest BCUT2D eigenvalue weighted by molar-refractivity contribution is -0.132. The van der Waals surface area contributed by atoms with Crippen LogP contribution in [0.2, 0.25) is 10.0 Å². The van der Waals surface area contributed by atoms with Crippen LogP contribution >= 0.6 is 23.2 Å². The Morgan fingerprint density at radius 2 is 1.94 bits per heavy atom. The molecule has 1 saturated heterocycles. The number of anilines is 1. The molecule has 0 saturated carbocycles. The van der Waals surface area contributed by atoms with Crippen LogP contribution in [0.5, 0.6) is 5.75 Å². The van der Waals surface area contributed by atoms with E-state index in [9.17, 15) is 14.7 Å². The van der Waals surface area contributed by atoms with Crippen LogP contribution in [-0.4, -0.2) is 28.4 Å². The Bertz CT molecular complexity index is 1270. The summed E-state index contributed by atoms with van der Waals surface area (Å²) in [5, 5.41) is 12.1. The topological polar surface area (TPSA) is 79.7 Å². The summed E-state index contributed by atoms with van der Waals surface area (Å²) in [6, 6.07) is 12.3. The second-order valence-corrected chi connectivity index (χ2v) is 8.31. The van der Waals surface area contributed by atoms with Crippen molar-refractivity contribution in [1.29, 1.82) is 0 Å². The molecule has 1 N–H and O–H groups in total. The lowest BCUT2D eigenvalue weighted by atomic mass is 9.96. The number of ketones is 1. The van der Waals surface area contributed by atoms with Crippen LogP contribution in [0.3, 0.4) is 0 Å². The van der Waals surface area contributed by atoms with Crippen LogP contribution in [0.15, 0.2) is 66.5 Å². The second kappa shape index (κ2) is 9.25. The molecule has 8 heteroatoms. The molecule has 1 amide bonds. The van der Waals surface area contributed by atoms with E-state index >= 15 is 0 Å². The molecular formula is C25H20Cl2N2O4. The molecule has 1 fully saturated rings. The third kappa shape index (κ3) is 4.19. The number of rotatable bonds is 5. The van der Waals surface area contributed by atoms with E-state index < -0.39 is 17.7 Å². The predicted molar refractivity (Wildman–Crippen MR) is 128 cm³/mol. The molecule has 0 spiro atoms. The Kier molecular flexibility index (Phi) is 6.40. The standard InChI is InChI=1S/C25H20Cl2N2O4/c1-3-33-20-12-15(6-8-18(20)27)23(30)21-22(16-5-4-10-28-13-16)29(25(32)24(21)31)19-9-7-17(26)11-14(19)2/h4-13,22,30H,3H2,1-2H3/b23-21+. The van der Waals surface area contributed by atoms with Crippen molar-refractivity contribution in [3.8, 4) is 5.75 Å².